The van der Waals surface area contributed by atoms with E-state index >= 15 is 0 Å². The van der Waals surface area contributed by atoms with Gasteiger partial charge in [-0.05, 0) is 18.4 Å². The minimum atomic E-state index is 0.387. The average Bonchev–Trinajstić information content (AvgIpc) is 2.52. The Kier molecular flexibility index (Phi) is 5.14. The largest absolute Gasteiger partial charge is 0.493 e. The fraction of sp³-hybridized carbons (Fsp3) is 0.286. The van der Waals surface area contributed by atoms with E-state index in [1.807, 2.05) is 18.4 Å². The summed E-state index contributed by atoms with van der Waals surface area (Å²) in [5.74, 6) is 1.66. The summed E-state index contributed by atoms with van der Waals surface area (Å²) in [7, 11) is 4.70. The van der Waals surface area contributed by atoms with E-state index in [1.165, 1.54) is 11.8 Å². The van der Waals surface area contributed by atoms with Crippen LogP contribution >= 0.6 is 23.4 Å². The van der Waals surface area contributed by atoms with Crippen LogP contribution in [0.15, 0.2) is 23.4 Å². The van der Waals surface area contributed by atoms with Crippen LogP contribution < -0.4 is 14.2 Å². The summed E-state index contributed by atoms with van der Waals surface area (Å²) < 4.78 is 16.0. The molecule has 7 heteroatoms. The molecule has 0 fully saturated rings. The molecule has 0 saturated carbocycles. The Balaban J connectivity index is 2.61. The van der Waals surface area contributed by atoms with Crippen molar-refractivity contribution in [2.45, 2.75) is 5.16 Å². The van der Waals surface area contributed by atoms with Crippen molar-refractivity contribution in [1.29, 1.82) is 0 Å². The smallest absolute Gasteiger partial charge is 0.203 e. The maximum absolute atomic E-state index is 6.03. The highest BCUT2D eigenvalue weighted by atomic mass is 35.5. The van der Waals surface area contributed by atoms with Gasteiger partial charge in [0.2, 0.25) is 5.75 Å². The number of rotatable bonds is 5. The van der Waals surface area contributed by atoms with Gasteiger partial charge in [-0.1, -0.05) is 23.4 Å². The van der Waals surface area contributed by atoms with E-state index in [0.29, 0.717) is 33.3 Å². The first-order valence-corrected chi connectivity index (χ1v) is 7.62. The lowest BCUT2D eigenvalue weighted by molar-refractivity contribution is 0.324. The summed E-state index contributed by atoms with van der Waals surface area (Å²) in [6, 6.07) is 5.34. The van der Waals surface area contributed by atoms with Gasteiger partial charge in [0.25, 0.3) is 0 Å². The molecule has 0 atom stereocenters. The molecule has 1 heterocycles. The number of thioether (sulfide) groups is 1. The second-order valence-corrected chi connectivity index (χ2v) is 5.14. The molecule has 21 heavy (non-hydrogen) atoms. The molecular formula is C14H15ClN2O3S. The molecule has 0 unspecified atom stereocenters. The molecule has 0 aliphatic heterocycles. The van der Waals surface area contributed by atoms with E-state index in [9.17, 15) is 0 Å². The van der Waals surface area contributed by atoms with Crippen molar-refractivity contribution in [2.24, 2.45) is 0 Å². The quantitative estimate of drug-likeness (QED) is 0.476. The Morgan fingerprint density at radius 3 is 2.05 bits per heavy atom. The second-order valence-electron chi connectivity index (χ2n) is 3.98. The molecule has 0 aliphatic carbocycles. The summed E-state index contributed by atoms with van der Waals surface area (Å²) in [6.07, 6.45) is 1.89. The van der Waals surface area contributed by atoms with E-state index < -0.39 is 0 Å². The summed E-state index contributed by atoms with van der Waals surface area (Å²) in [5.41, 5.74) is 1.50. The minimum Gasteiger partial charge on any atom is -0.493 e. The summed E-state index contributed by atoms with van der Waals surface area (Å²) >= 11 is 7.46. The zero-order chi connectivity index (χ0) is 15.4. The Bertz CT molecular complexity index is 627. The number of halogens is 1. The zero-order valence-corrected chi connectivity index (χ0v) is 13.7. The van der Waals surface area contributed by atoms with E-state index in [1.54, 1.807) is 27.4 Å². The molecule has 5 nitrogen and oxygen atoms in total. The van der Waals surface area contributed by atoms with Crippen LogP contribution in [-0.2, 0) is 0 Å². The predicted octanol–water partition coefficient (Wildman–Crippen LogP) is 3.54. The molecule has 0 radical (unpaired) electrons. The van der Waals surface area contributed by atoms with Crippen LogP contribution in [0.25, 0.3) is 11.3 Å². The third-order valence-corrected chi connectivity index (χ3v) is 3.56. The fourth-order valence-electron chi connectivity index (χ4n) is 1.86. The zero-order valence-electron chi connectivity index (χ0n) is 12.1. The van der Waals surface area contributed by atoms with Crippen LogP contribution in [0.4, 0.5) is 0 Å². The maximum atomic E-state index is 6.03. The average molecular weight is 327 g/mol. The fourth-order valence-corrected chi connectivity index (χ4v) is 2.48. The van der Waals surface area contributed by atoms with Crippen molar-refractivity contribution >= 4 is 23.4 Å². The van der Waals surface area contributed by atoms with Gasteiger partial charge in [0.1, 0.15) is 5.15 Å². The number of nitrogens with zero attached hydrogens (tertiary/aromatic N) is 2. The molecule has 112 valence electrons. The number of methoxy groups -OCH3 is 3. The highest BCUT2D eigenvalue weighted by Crippen LogP contribution is 2.41. The number of ether oxygens (including phenoxy) is 3. The minimum absolute atomic E-state index is 0.387. The number of aromatic nitrogens is 2. The summed E-state index contributed by atoms with van der Waals surface area (Å²) in [6.45, 7) is 0. The van der Waals surface area contributed by atoms with Gasteiger partial charge in [0.15, 0.2) is 16.7 Å². The molecular weight excluding hydrogens is 312 g/mol. The molecule has 0 N–H and O–H groups in total. The van der Waals surface area contributed by atoms with Crippen molar-refractivity contribution < 1.29 is 14.2 Å². The van der Waals surface area contributed by atoms with Crippen LogP contribution in [-0.4, -0.2) is 37.6 Å². The van der Waals surface area contributed by atoms with Crippen LogP contribution in [0, 0.1) is 0 Å². The molecule has 0 spiro atoms. The van der Waals surface area contributed by atoms with Crippen molar-refractivity contribution in [2.75, 3.05) is 27.6 Å². The maximum Gasteiger partial charge on any atom is 0.203 e. The van der Waals surface area contributed by atoms with E-state index in [4.69, 9.17) is 25.8 Å². The van der Waals surface area contributed by atoms with Crippen molar-refractivity contribution in [1.82, 2.24) is 9.97 Å². The lowest BCUT2D eigenvalue weighted by atomic mass is 10.1. The van der Waals surface area contributed by atoms with Gasteiger partial charge in [-0.25, -0.2) is 9.97 Å². The Hall–Kier alpha value is -1.66. The summed E-state index contributed by atoms with van der Waals surface area (Å²) in [5, 5.41) is 0.990. The monoisotopic (exact) mass is 326 g/mol. The van der Waals surface area contributed by atoms with Gasteiger partial charge in [0.05, 0.1) is 27.0 Å². The van der Waals surface area contributed by atoms with Crippen LogP contribution in [0.1, 0.15) is 0 Å². The first-order valence-electron chi connectivity index (χ1n) is 6.01. The molecule has 1 aromatic heterocycles. The van der Waals surface area contributed by atoms with Gasteiger partial charge in [0, 0.05) is 11.6 Å². The third-order valence-electron chi connectivity index (χ3n) is 2.82. The Morgan fingerprint density at radius 1 is 0.952 bits per heavy atom. The second kappa shape index (κ2) is 6.87. The topological polar surface area (TPSA) is 53.5 Å². The Labute approximate surface area is 132 Å². The molecule has 1 aromatic carbocycles. The van der Waals surface area contributed by atoms with Crippen LogP contribution in [0.3, 0.4) is 0 Å². The van der Waals surface area contributed by atoms with Crippen LogP contribution in [0.2, 0.25) is 5.15 Å². The lowest BCUT2D eigenvalue weighted by Gasteiger charge is -2.14. The molecule has 2 aromatic rings. The first kappa shape index (κ1) is 15.7. The van der Waals surface area contributed by atoms with Crippen LogP contribution in [0.5, 0.6) is 17.2 Å². The van der Waals surface area contributed by atoms with Gasteiger partial charge >= 0.3 is 0 Å². The third kappa shape index (κ3) is 3.33. The lowest BCUT2D eigenvalue weighted by Crippen LogP contribution is -1.97. The predicted molar refractivity (Wildman–Crippen MR) is 83.9 cm³/mol. The number of hydrogen-bond donors (Lipinski definition) is 0. The summed E-state index contributed by atoms with van der Waals surface area (Å²) in [4.78, 5) is 8.57. The molecule has 0 amide bonds. The standard InChI is InChI=1S/C14H15ClN2O3S/c1-18-10-5-8(6-11(19-2)13(10)20-3)9-7-12(15)17-14(16-9)21-4/h5-7H,1-4H3. The van der Waals surface area contributed by atoms with Gasteiger partial charge < -0.3 is 14.2 Å². The molecule has 0 bridgehead atoms. The van der Waals surface area contributed by atoms with E-state index in [2.05, 4.69) is 9.97 Å². The number of benzene rings is 1. The Morgan fingerprint density at radius 2 is 1.57 bits per heavy atom. The molecule has 0 aliphatic rings. The highest BCUT2D eigenvalue weighted by Gasteiger charge is 2.15. The molecule has 2 rings (SSSR count). The SMILES string of the molecule is COc1cc(-c2cc(Cl)nc(SC)n2)cc(OC)c1OC. The first-order chi connectivity index (χ1) is 10.1. The van der Waals surface area contributed by atoms with Gasteiger partial charge in [-0.15, -0.1) is 0 Å². The van der Waals surface area contributed by atoms with Gasteiger partial charge in [-0.3, -0.25) is 0 Å². The van der Waals surface area contributed by atoms with E-state index in [0.717, 1.165) is 5.56 Å². The molecule has 0 saturated heterocycles. The van der Waals surface area contributed by atoms with Crippen molar-refractivity contribution in [3.05, 3.63) is 23.4 Å². The highest BCUT2D eigenvalue weighted by molar-refractivity contribution is 7.98. The normalized spacial score (nSPS) is 10.3. The van der Waals surface area contributed by atoms with Crippen molar-refractivity contribution in [3.63, 3.8) is 0 Å². The van der Waals surface area contributed by atoms with Crippen molar-refractivity contribution in [3.8, 4) is 28.5 Å². The number of hydrogen-bond acceptors (Lipinski definition) is 6. The van der Waals surface area contributed by atoms with Gasteiger partial charge in [-0.2, -0.15) is 0 Å². The van der Waals surface area contributed by atoms with E-state index in [-0.39, 0.29) is 0 Å².